The molecule has 1 unspecified atom stereocenters. The number of hydrogen-bond donors (Lipinski definition) is 1. The lowest BCUT2D eigenvalue weighted by molar-refractivity contribution is 0.0457. The smallest absolute Gasteiger partial charge is 0.0372 e. The molecule has 0 saturated carbocycles. The zero-order valence-electron chi connectivity index (χ0n) is 13.0. The minimum Gasteiger partial charge on any atom is -0.385 e. The molecule has 0 aliphatic carbocycles. The van der Waals surface area contributed by atoms with Gasteiger partial charge in [0, 0.05) is 44.5 Å². The SMILES string of the molecule is c1cc2c(cc1CN1CCN3CCCCC3C1)CCCN2. The van der Waals surface area contributed by atoms with Gasteiger partial charge in [0.15, 0.2) is 0 Å². The second-order valence-corrected chi connectivity index (χ2v) is 6.94. The Labute approximate surface area is 128 Å². The van der Waals surface area contributed by atoms with E-state index in [1.165, 1.54) is 75.1 Å². The number of rotatable bonds is 2. The summed E-state index contributed by atoms with van der Waals surface area (Å²) in [5.74, 6) is 0. The monoisotopic (exact) mass is 285 g/mol. The first-order valence-corrected chi connectivity index (χ1v) is 8.70. The zero-order chi connectivity index (χ0) is 14.1. The van der Waals surface area contributed by atoms with E-state index in [1.807, 2.05) is 0 Å². The van der Waals surface area contributed by atoms with Gasteiger partial charge in [0.25, 0.3) is 0 Å². The lowest BCUT2D eigenvalue weighted by Crippen LogP contribution is -2.54. The van der Waals surface area contributed by atoms with E-state index in [9.17, 15) is 0 Å². The van der Waals surface area contributed by atoms with Gasteiger partial charge in [-0.1, -0.05) is 18.6 Å². The quantitative estimate of drug-likeness (QED) is 0.901. The maximum atomic E-state index is 3.51. The topological polar surface area (TPSA) is 18.5 Å². The van der Waals surface area contributed by atoms with E-state index in [2.05, 4.69) is 33.3 Å². The average molecular weight is 285 g/mol. The maximum absolute atomic E-state index is 3.51. The lowest BCUT2D eigenvalue weighted by Gasteiger charge is -2.44. The Morgan fingerprint density at radius 3 is 3.10 bits per heavy atom. The number of aryl methyl sites for hydroxylation is 1. The molecule has 3 aliphatic rings. The van der Waals surface area contributed by atoms with Crippen molar-refractivity contribution in [2.24, 2.45) is 0 Å². The molecular formula is C18H27N3. The number of benzene rings is 1. The van der Waals surface area contributed by atoms with Gasteiger partial charge >= 0.3 is 0 Å². The molecule has 3 heterocycles. The van der Waals surface area contributed by atoms with E-state index in [0.717, 1.165) is 19.1 Å². The number of piperidine rings is 1. The first-order chi connectivity index (χ1) is 10.4. The Kier molecular flexibility index (Phi) is 3.87. The molecule has 1 aromatic rings. The Morgan fingerprint density at radius 1 is 1.10 bits per heavy atom. The Morgan fingerprint density at radius 2 is 2.10 bits per heavy atom. The van der Waals surface area contributed by atoms with E-state index in [4.69, 9.17) is 0 Å². The molecule has 21 heavy (non-hydrogen) atoms. The minimum absolute atomic E-state index is 0.826. The molecular weight excluding hydrogens is 258 g/mol. The Hall–Kier alpha value is -1.06. The third-order valence-corrected chi connectivity index (χ3v) is 5.44. The number of nitrogens with zero attached hydrogens (tertiary/aromatic N) is 2. The van der Waals surface area contributed by atoms with Gasteiger partial charge in [-0.05, 0) is 49.4 Å². The van der Waals surface area contributed by atoms with Crippen LogP contribution in [0.15, 0.2) is 18.2 Å². The van der Waals surface area contributed by atoms with Crippen molar-refractivity contribution in [1.82, 2.24) is 9.80 Å². The highest BCUT2D eigenvalue weighted by molar-refractivity contribution is 5.54. The van der Waals surface area contributed by atoms with Crippen molar-refractivity contribution in [1.29, 1.82) is 0 Å². The fourth-order valence-electron chi connectivity index (χ4n) is 4.25. The number of hydrogen-bond acceptors (Lipinski definition) is 3. The van der Waals surface area contributed by atoms with Crippen LogP contribution >= 0.6 is 0 Å². The highest BCUT2D eigenvalue weighted by Gasteiger charge is 2.28. The van der Waals surface area contributed by atoms with Gasteiger partial charge in [-0.25, -0.2) is 0 Å². The molecule has 1 aromatic carbocycles. The summed E-state index contributed by atoms with van der Waals surface area (Å²) in [6.07, 6.45) is 6.77. The van der Waals surface area contributed by atoms with Crippen LogP contribution in [0.1, 0.15) is 36.8 Å². The summed E-state index contributed by atoms with van der Waals surface area (Å²) in [4.78, 5) is 5.39. The fraction of sp³-hybridized carbons (Fsp3) is 0.667. The molecule has 0 spiro atoms. The summed E-state index contributed by atoms with van der Waals surface area (Å²) in [5, 5.41) is 3.51. The molecule has 4 rings (SSSR count). The molecule has 0 radical (unpaired) electrons. The fourth-order valence-corrected chi connectivity index (χ4v) is 4.25. The van der Waals surface area contributed by atoms with Crippen LogP contribution in [0.25, 0.3) is 0 Å². The molecule has 2 fully saturated rings. The molecule has 114 valence electrons. The van der Waals surface area contributed by atoms with Crippen LogP contribution in [0.3, 0.4) is 0 Å². The van der Waals surface area contributed by atoms with Crippen LogP contribution in [0.4, 0.5) is 5.69 Å². The van der Waals surface area contributed by atoms with E-state index >= 15 is 0 Å². The predicted octanol–water partition coefficient (Wildman–Crippen LogP) is 2.71. The molecule has 0 bridgehead atoms. The summed E-state index contributed by atoms with van der Waals surface area (Å²) in [6, 6.07) is 7.88. The Bertz CT molecular complexity index is 499. The first-order valence-electron chi connectivity index (χ1n) is 8.70. The van der Waals surface area contributed by atoms with Crippen molar-refractivity contribution in [3.8, 4) is 0 Å². The average Bonchev–Trinajstić information content (AvgIpc) is 2.55. The molecule has 1 N–H and O–H groups in total. The maximum Gasteiger partial charge on any atom is 0.0372 e. The molecule has 0 aromatic heterocycles. The normalized spacial score (nSPS) is 26.8. The Balaban J connectivity index is 1.41. The van der Waals surface area contributed by atoms with Crippen molar-refractivity contribution in [2.75, 3.05) is 38.0 Å². The van der Waals surface area contributed by atoms with Crippen LogP contribution in [0.2, 0.25) is 0 Å². The number of nitrogens with one attached hydrogen (secondary N) is 1. The van der Waals surface area contributed by atoms with Crippen molar-refractivity contribution < 1.29 is 0 Å². The van der Waals surface area contributed by atoms with Crippen LogP contribution in [-0.2, 0) is 13.0 Å². The third-order valence-electron chi connectivity index (χ3n) is 5.44. The second kappa shape index (κ2) is 5.98. The molecule has 0 amide bonds. The minimum atomic E-state index is 0.826. The van der Waals surface area contributed by atoms with Gasteiger partial charge in [0.1, 0.15) is 0 Å². The highest BCUT2D eigenvalue weighted by Crippen LogP contribution is 2.25. The highest BCUT2D eigenvalue weighted by atomic mass is 15.3. The number of anilines is 1. The van der Waals surface area contributed by atoms with E-state index in [0.29, 0.717) is 0 Å². The first kappa shape index (κ1) is 13.6. The van der Waals surface area contributed by atoms with Gasteiger partial charge in [-0.15, -0.1) is 0 Å². The predicted molar refractivity (Wildman–Crippen MR) is 87.7 cm³/mol. The molecule has 3 aliphatic heterocycles. The molecule has 1 atom stereocenters. The standard InChI is InChI=1S/C18H27N3/c1-2-9-21-11-10-20(14-17(21)5-1)13-15-6-7-18-16(12-15)4-3-8-19-18/h6-7,12,17,19H,1-5,8-11,13-14H2. The summed E-state index contributed by atoms with van der Waals surface area (Å²) in [5.41, 5.74) is 4.39. The van der Waals surface area contributed by atoms with Gasteiger partial charge in [-0.2, -0.15) is 0 Å². The zero-order valence-corrected chi connectivity index (χ0v) is 13.0. The van der Waals surface area contributed by atoms with Gasteiger partial charge in [-0.3, -0.25) is 9.80 Å². The number of piperazine rings is 1. The third kappa shape index (κ3) is 2.95. The van der Waals surface area contributed by atoms with E-state index in [1.54, 1.807) is 0 Å². The van der Waals surface area contributed by atoms with E-state index in [-0.39, 0.29) is 0 Å². The molecule has 3 nitrogen and oxygen atoms in total. The molecule has 3 heteroatoms. The second-order valence-electron chi connectivity index (χ2n) is 6.94. The summed E-state index contributed by atoms with van der Waals surface area (Å²) in [6.45, 7) is 7.40. The van der Waals surface area contributed by atoms with Gasteiger partial charge in [0.05, 0.1) is 0 Å². The van der Waals surface area contributed by atoms with Gasteiger partial charge < -0.3 is 5.32 Å². The van der Waals surface area contributed by atoms with Gasteiger partial charge in [0.2, 0.25) is 0 Å². The van der Waals surface area contributed by atoms with Crippen LogP contribution in [-0.4, -0.2) is 48.6 Å². The van der Waals surface area contributed by atoms with Crippen LogP contribution in [0.5, 0.6) is 0 Å². The lowest BCUT2D eigenvalue weighted by atomic mass is 9.98. The van der Waals surface area contributed by atoms with Crippen molar-refractivity contribution in [3.05, 3.63) is 29.3 Å². The van der Waals surface area contributed by atoms with Crippen molar-refractivity contribution >= 4 is 5.69 Å². The largest absolute Gasteiger partial charge is 0.385 e. The van der Waals surface area contributed by atoms with Crippen LogP contribution in [0, 0.1) is 0 Å². The summed E-state index contributed by atoms with van der Waals surface area (Å²) in [7, 11) is 0. The number of fused-ring (bicyclic) bond motifs is 2. The summed E-state index contributed by atoms with van der Waals surface area (Å²) >= 11 is 0. The summed E-state index contributed by atoms with van der Waals surface area (Å²) < 4.78 is 0. The van der Waals surface area contributed by atoms with Crippen molar-refractivity contribution in [2.45, 2.75) is 44.7 Å². The van der Waals surface area contributed by atoms with E-state index < -0.39 is 0 Å². The van der Waals surface area contributed by atoms with Crippen molar-refractivity contribution in [3.63, 3.8) is 0 Å². The van der Waals surface area contributed by atoms with Crippen LogP contribution < -0.4 is 5.32 Å². The molecule has 2 saturated heterocycles.